The minimum Gasteiger partial charge on any atom is -0.339 e. The van der Waals surface area contributed by atoms with Crippen LogP contribution in [-0.2, 0) is 9.59 Å². The Morgan fingerprint density at radius 1 is 0.778 bits per heavy atom. The highest BCUT2D eigenvalue weighted by atomic mass is 16.2. The number of hydrogen-bond acceptors (Lipinski definition) is 3. The molecule has 3 amide bonds. The minimum absolute atomic E-state index is 0.0184. The van der Waals surface area contributed by atoms with Gasteiger partial charge < -0.3 is 4.90 Å². The fourth-order valence-electron chi connectivity index (χ4n) is 7.39. The summed E-state index contributed by atoms with van der Waals surface area (Å²) in [6, 6.07) is 23.6. The number of imide groups is 1. The van der Waals surface area contributed by atoms with Crippen molar-refractivity contribution in [2.45, 2.75) is 38.0 Å². The van der Waals surface area contributed by atoms with Crippen molar-refractivity contribution in [3.05, 3.63) is 101 Å². The molecule has 2 saturated heterocycles. The number of benzene rings is 3. The fourth-order valence-corrected chi connectivity index (χ4v) is 7.39. The number of amides is 3. The van der Waals surface area contributed by atoms with Gasteiger partial charge in [-0.2, -0.15) is 0 Å². The van der Waals surface area contributed by atoms with E-state index in [4.69, 9.17) is 0 Å². The minimum atomic E-state index is -0.854. The molecule has 8 rings (SSSR count). The zero-order valence-electron chi connectivity index (χ0n) is 20.3. The van der Waals surface area contributed by atoms with Gasteiger partial charge in [0.05, 0.1) is 17.0 Å². The second-order valence-electron chi connectivity index (χ2n) is 10.8. The topological polar surface area (TPSA) is 57.7 Å². The van der Waals surface area contributed by atoms with Gasteiger partial charge in [-0.3, -0.25) is 14.4 Å². The molecule has 0 saturated carbocycles. The van der Waals surface area contributed by atoms with Crippen LogP contribution in [0.25, 0.3) is 0 Å². The summed E-state index contributed by atoms with van der Waals surface area (Å²) in [7, 11) is 0. The van der Waals surface area contributed by atoms with Crippen LogP contribution in [0.4, 0.5) is 5.69 Å². The van der Waals surface area contributed by atoms with Crippen molar-refractivity contribution in [1.29, 1.82) is 0 Å². The van der Waals surface area contributed by atoms with Crippen molar-refractivity contribution in [1.82, 2.24) is 4.90 Å². The van der Waals surface area contributed by atoms with E-state index in [9.17, 15) is 14.4 Å². The Hall–Kier alpha value is -3.73. The average molecular weight is 477 g/mol. The van der Waals surface area contributed by atoms with Crippen LogP contribution in [-0.4, -0.2) is 35.7 Å². The maximum absolute atomic E-state index is 14.2. The molecule has 2 unspecified atom stereocenters. The molecular weight excluding hydrogens is 448 g/mol. The van der Waals surface area contributed by atoms with Gasteiger partial charge in [0, 0.05) is 30.5 Å². The molecule has 2 heterocycles. The van der Waals surface area contributed by atoms with Gasteiger partial charge in [-0.1, -0.05) is 48.5 Å². The largest absolute Gasteiger partial charge is 0.339 e. The molecule has 0 N–H and O–H groups in total. The molecule has 3 aromatic carbocycles. The van der Waals surface area contributed by atoms with Crippen molar-refractivity contribution in [3.63, 3.8) is 0 Å². The number of carbonyl (C=O) groups excluding carboxylic acids is 3. The quantitative estimate of drug-likeness (QED) is 0.484. The summed E-state index contributed by atoms with van der Waals surface area (Å²) in [6.07, 6.45) is 3.24. The normalized spacial score (nSPS) is 28.1. The Balaban J connectivity index is 1.29. The first-order valence-electron chi connectivity index (χ1n) is 13.0. The van der Waals surface area contributed by atoms with Crippen molar-refractivity contribution < 1.29 is 14.4 Å². The van der Waals surface area contributed by atoms with Crippen molar-refractivity contribution in [2.75, 3.05) is 18.0 Å². The molecule has 2 bridgehead atoms. The standard InChI is InChI=1S/C31H28N2O3/c1-31-26-23-11-5-3-9-21(23)25(22-10-4-6-12-24(22)26)27(31)29(35)33(30(31)36)20-15-13-19(14-16-20)28(34)32-17-7-2-8-18-32/h3-6,9-16,25-27H,2,7-8,17-18H2,1H3. The zero-order valence-corrected chi connectivity index (χ0v) is 20.3. The molecule has 0 spiro atoms. The van der Waals surface area contributed by atoms with Gasteiger partial charge in [0.1, 0.15) is 0 Å². The van der Waals surface area contributed by atoms with Crippen LogP contribution in [0.15, 0.2) is 72.8 Å². The second-order valence-corrected chi connectivity index (χ2v) is 10.8. The van der Waals surface area contributed by atoms with E-state index in [0.29, 0.717) is 11.3 Å². The third-order valence-corrected chi connectivity index (χ3v) is 9.03. The van der Waals surface area contributed by atoms with E-state index in [1.165, 1.54) is 4.90 Å². The van der Waals surface area contributed by atoms with Crippen molar-refractivity contribution >= 4 is 23.4 Å². The summed E-state index contributed by atoms with van der Waals surface area (Å²) in [6.45, 7) is 3.55. The van der Waals surface area contributed by atoms with Gasteiger partial charge in [-0.15, -0.1) is 0 Å². The molecule has 2 aliphatic heterocycles. The van der Waals surface area contributed by atoms with E-state index in [-0.39, 0.29) is 29.6 Å². The summed E-state index contributed by atoms with van der Waals surface area (Å²) >= 11 is 0. The first kappa shape index (κ1) is 21.5. The van der Waals surface area contributed by atoms with Crippen LogP contribution in [0.1, 0.15) is 70.6 Å². The number of piperidine rings is 1. The third kappa shape index (κ3) is 2.69. The Labute approximate surface area is 210 Å². The van der Waals surface area contributed by atoms with Crippen molar-refractivity contribution in [3.8, 4) is 0 Å². The lowest BCUT2D eigenvalue weighted by Gasteiger charge is -2.51. The van der Waals surface area contributed by atoms with Crippen LogP contribution in [0, 0.1) is 11.3 Å². The Morgan fingerprint density at radius 3 is 1.92 bits per heavy atom. The number of anilines is 1. The second kappa shape index (κ2) is 7.63. The van der Waals surface area contributed by atoms with Gasteiger partial charge in [0.15, 0.2) is 0 Å². The maximum atomic E-state index is 14.2. The third-order valence-electron chi connectivity index (χ3n) is 9.03. The average Bonchev–Trinajstić information content (AvgIpc) is 3.14. The van der Waals surface area contributed by atoms with Gasteiger partial charge in [0.25, 0.3) is 5.91 Å². The molecule has 0 aromatic heterocycles. The molecule has 180 valence electrons. The fraction of sp³-hybridized carbons (Fsp3) is 0.323. The van der Waals surface area contributed by atoms with Gasteiger partial charge in [0.2, 0.25) is 11.8 Å². The molecule has 3 aliphatic carbocycles. The lowest BCUT2D eigenvalue weighted by molar-refractivity contribution is -0.128. The molecule has 2 fully saturated rings. The summed E-state index contributed by atoms with van der Waals surface area (Å²) < 4.78 is 0. The molecule has 5 aliphatic rings. The number of likely N-dealkylation sites (tertiary alicyclic amines) is 1. The monoisotopic (exact) mass is 476 g/mol. The van der Waals surface area contributed by atoms with E-state index >= 15 is 0 Å². The molecule has 0 radical (unpaired) electrons. The number of hydrogen-bond donors (Lipinski definition) is 0. The number of rotatable bonds is 2. The summed E-state index contributed by atoms with van der Waals surface area (Å²) in [5, 5.41) is 0. The first-order chi connectivity index (χ1) is 17.5. The highest BCUT2D eigenvalue weighted by molar-refractivity contribution is 6.25. The summed E-state index contributed by atoms with van der Waals surface area (Å²) in [5.41, 5.74) is 4.93. The van der Waals surface area contributed by atoms with Crippen LogP contribution in [0.3, 0.4) is 0 Å². The first-order valence-corrected chi connectivity index (χ1v) is 13.0. The number of nitrogens with zero attached hydrogens (tertiary/aromatic N) is 2. The Kier molecular flexibility index (Phi) is 4.57. The molecule has 5 nitrogen and oxygen atoms in total. The highest BCUT2D eigenvalue weighted by Gasteiger charge is 2.68. The Bertz CT molecular complexity index is 1370. The smallest absolute Gasteiger partial charge is 0.253 e. The van der Waals surface area contributed by atoms with Crippen molar-refractivity contribution in [2.24, 2.45) is 11.3 Å². The lowest BCUT2D eigenvalue weighted by Crippen LogP contribution is -2.49. The van der Waals surface area contributed by atoms with Crippen LogP contribution in [0.2, 0.25) is 0 Å². The molecule has 3 aromatic rings. The van der Waals surface area contributed by atoms with E-state index in [2.05, 4.69) is 24.3 Å². The summed E-state index contributed by atoms with van der Waals surface area (Å²) in [4.78, 5) is 44.5. The Morgan fingerprint density at radius 2 is 1.33 bits per heavy atom. The SMILES string of the molecule is CC12C(=O)N(c3ccc(C(=O)N4CCCCC4)cc3)C(=O)C1C1c3ccccc3C2c2ccccc21. The van der Waals surface area contributed by atoms with Gasteiger partial charge in [-0.25, -0.2) is 4.90 Å². The maximum Gasteiger partial charge on any atom is 0.253 e. The zero-order chi connectivity index (χ0) is 24.6. The van der Waals surface area contributed by atoms with Crippen LogP contribution in [0.5, 0.6) is 0 Å². The van der Waals surface area contributed by atoms with Crippen LogP contribution >= 0.6 is 0 Å². The van der Waals surface area contributed by atoms with E-state index < -0.39 is 11.3 Å². The predicted octanol–water partition coefficient (Wildman–Crippen LogP) is 5.10. The van der Waals surface area contributed by atoms with Crippen LogP contribution < -0.4 is 4.90 Å². The van der Waals surface area contributed by atoms with E-state index in [1.54, 1.807) is 24.3 Å². The molecular formula is C31H28N2O3. The lowest BCUT2D eigenvalue weighted by atomic mass is 9.48. The predicted molar refractivity (Wildman–Crippen MR) is 137 cm³/mol. The molecule has 36 heavy (non-hydrogen) atoms. The van der Waals surface area contributed by atoms with E-state index in [1.807, 2.05) is 36.1 Å². The highest BCUT2D eigenvalue weighted by Crippen LogP contribution is 2.67. The van der Waals surface area contributed by atoms with Gasteiger partial charge >= 0.3 is 0 Å². The summed E-state index contributed by atoms with van der Waals surface area (Å²) in [5.74, 6) is -1.03. The number of carbonyl (C=O) groups is 3. The van der Waals surface area contributed by atoms with Gasteiger partial charge in [-0.05, 0) is 72.7 Å². The molecule has 5 heteroatoms. The molecule has 2 atom stereocenters. The van der Waals surface area contributed by atoms with E-state index in [0.717, 1.165) is 54.6 Å².